The Kier molecular flexibility index (Phi) is 7.24. The third-order valence-corrected chi connectivity index (χ3v) is 3.36. The number of ether oxygens (including phenoxy) is 2. The van der Waals surface area contributed by atoms with Gasteiger partial charge in [0.15, 0.2) is 6.29 Å². The smallest absolute Gasteiger partial charge is 0.186 e. The van der Waals surface area contributed by atoms with E-state index in [1.54, 1.807) is 0 Å². The normalized spacial score (nSPS) is 32.5. The molecule has 0 aliphatic carbocycles. The van der Waals surface area contributed by atoms with Gasteiger partial charge in [-0.25, -0.2) is 0 Å². The molecule has 0 bridgehead atoms. The molecule has 4 N–H and O–H groups in total. The molecule has 0 amide bonds. The van der Waals surface area contributed by atoms with E-state index in [-0.39, 0.29) is 7.43 Å². The van der Waals surface area contributed by atoms with Gasteiger partial charge >= 0.3 is 0 Å². The summed E-state index contributed by atoms with van der Waals surface area (Å²) in [5.41, 5.74) is 1.08. The van der Waals surface area contributed by atoms with E-state index in [1.807, 2.05) is 30.3 Å². The highest BCUT2D eigenvalue weighted by Crippen LogP contribution is 2.22. The molecule has 0 radical (unpaired) electrons. The first-order valence-electron chi connectivity index (χ1n) is 6.59. The number of aliphatic hydroxyl groups excluding tert-OH is 4. The number of aliphatic hydroxyl groups is 4. The SMILES string of the molecule is C.OC[C@H]1O[C@@H](OCCc2ccccc2)[C@H](O)[C@@H](O)[C@@H]1O. The van der Waals surface area contributed by atoms with Crippen molar-refractivity contribution < 1.29 is 29.9 Å². The van der Waals surface area contributed by atoms with Gasteiger partial charge in [0.2, 0.25) is 0 Å². The van der Waals surface area contributed by atoms with E-state index < -0.39 is 37.3 Å². The van der Waals surface area contributed by atoms with Gasteiger partial charge in [-0.15, -0.1) is 0 Å². The zero-order valence-electron chi connectivity index (χ0n) is 11.0. The van der Waals surface area contributed by atoms with E-state index in [0.29, 0.717) is 13.0 Å². The summed E-state index contributed by atoms with van der Waals surface area (Å²) in [4.78, 5) is 0. The van der Waals surface area contributed by atoms with Crippen LogP contribution in [0, 0.1) is 0 Å². The summed E-state index contributed by atoms with van der Waals surface area (Å²) in [6, 6.07) is 9.67. The Balaban J connectivity index is 0.00000220. The summed E-state index contributed by atoms with van der Waals surface area (Å²) < 4.78 is 10.6. The van der Waals surface area contributed by atoms with Crippen molar-refractivity contribution in [2.24, 2.45) is 0 Å². The summed E-state index contributed by atoms with van der Waals surface area (Å²) in [6.07, 6.45) is -5.46. The predicted molar refractivity (Wildman–Crippen MR) is 76.6 cm³/mol. The Bertz CT molecular complexity index is 396. The van der Waals surface area contributed by atoms with Crippen molar-refractivity contribution in [3.63, 3.8) is 0 Å². The fourth-order valence-corrected chi connectivity index (χ4v) is 2.14. The van der Waals surface area contributed by atoms with E-state index in [9.17, 15) is 15.3 Å². The Hall–Kier alpha value is -1.02. The van der Waals surface area contributed by atoms with Crippen LogP contribution in [0.4, 0.5) is 0 Å². The third kappa shape index (κ3) is 4.47. The lowest BCUT2D eigenvalue weighted by atomic mass is 9.99. The molecule has 1 aliphatic heterocycles. The molecule has 1 aromatic carbocycles. The number of rotatable bonds is 5. The lowest BCUT2D eigenvalue weighted by molar-refractivity contribution is -0.300. The van der Waals surface area contributed by atoms with Crippen LogP contribution in [0.2, 0.25) is 0 Å². The molecule has 2 rings (SSSR count). The number of hydrogen-bond acceptors (Lipinski definition) is 6. The molecular weight excluding hydrogens is 276 g/mol. The highest BCUT2D eigenvalue weighted by Gasteiger charge is 2.43. The van der Waals surface area contributed by atoms with Crippen molar-refractivity contribution in [2.45, 2.75) is 44.6 Å². The second kappa shape index (κ2) is 8.43. The zero-order valence-corrected chi connectivity index (χ0v) is 11.0. The van der Waals surface area contributed by atoms with E-state index in [4.69, 9.17) is 14.6 Å². The summed E-state index contributed by atoms with van der Waals surface area (Å²) in [5.74, 6) is 0. The van der Waals surface area contributed by atoms with Crippen molar-refractivity contribution >= 4 is 0 Å². The first-order valence-corrected chi connectivity index (χ1v) is 6.59. The van der Waals surface area contributed by atoms with Gasteiger partial charge in [-0.1, -0.05) is 37.8 Å². The van der Waals surface area contributed by atoms with Crippen LogP contribution in [0.15, 0.2) is 30.3 Å². The van der Waals surface area contributed by atoms with Crippen LogP contribution >= 0.6 is 0 Å². The minimum atomic E-state index is -1.40. The second-order valence-corrected chi connectivity index (χ2v) is 4.80. The van der Waals surface area contributed by atoms with Crippen LogP contribution in [-0.4, -0.2) is 64.3 Å². The minimum Gasteiger partial charge on any atom is -0.394 e. The summed E-state index contributed by atoms with van der Waals surface area (Å²) in [6.45, 7) is -0.157. The molecule has 1 aromatic rings. The van der Waals surface area contributed by atoms with Crippen LogP contribution in [0.5, 0.6) is 0 Å². The molecule has 120 valence electrons. The fourth-order valence-electron chi connectivity index (χ4n) is 2.14. The van der Waals surface area contributed by atoms with Crippen molar-refractivity contribution in [2.75, 3.05) is 13.2 Å². The molecule has 0 aromatic heterocycles. The maximum absolute atomic E-state index is 9.78. The number of hydrogen-bond donors (Lipinski definition) is 4. The molecule has 21 heavy (non-hydrogen) atoms. The van der Waals surface area contributed by atoms with Crippen molar-refractivity contribution in [3.8, 4) is 0 Å². The van der Waals surface area contributed by atoms with E-state index in [0.717, 1.165) is 5.56 Å². The van der Waals surface area contributed by atoms with Gasteiger partial charge in [-0.2, -0.15) is 0 Å². The molecular formula is C15H24O6. The molecule has 0 unspecified atom stereocenters. The maximum Gasteiger partial charge on any atom is 0.186 e. The first kappa shape index (κ1) is 18.0. The Morgan fingerprint density at radius 3 is 2.29 bits per heavy atom. The Morgan fingerprint density at radius 2 is 1.67 bits per heavy atom. The van der Waals surface area contributed by atoms with Crippen molar-refractivity contribution in [1.82, 2.24) is 0 Å². The summed E-state index contributed by atoms with van der Waals surface area (Å²) in [7, 11) is 0. The van der Waals surface area contributed by atoms with Gasteiger partial charge < -0.3 is 29.9 Å². The fraction of sp³-hybridized carbons (Fsp3) is 0.600. The second-order valence-electron chi connectivity index (χ2n) is 4.80. The van der Waals surface area contributed by atoms with Crippen LogP contribution in [-0.2, 0) is 15.9 Å². The molecule has 6 nitrogen and oxygen atoms in total. The quantitative estimate of drug-likeness (QED) is 0.595. The standard InChI is InChI=1S/C14H20O6.CH4/c15-8-10-11(16)12(17)13(18)14(20-10)19-7-6-9-4-2-1-3-5-9;/h1-5,10-18H,6-8H2;1H4/t10-,11-,12+,13-,14-;/m1./s1. The van der Waals surface area contributed by atoms with Crippen LogP contribution in [0.3, 0.4) is 0 Å². The molecule has 1 heterocycles. The Labute approximate surface area is 124 Å². The molecule has 0 spiro atoms. The summed E-state index contributed by atoms with van der Waals surface area (Å²) >= 11 is 0. The number of benzene rings is 1. The Morgan fingerprint density at radius 1 is 1.00 bits per heavy atom. The third-order valence-electron chi connectivity index (χ3n) is 3.36. The van der Waals surface area contributed by atoms with Gasteiger partial charge in [0, 0.05) is 0 Å². The molecule has 5 atom stereocenters. The van der Waals surface area contributed by atoms with Crippen molar-refractivity contribution in [3.05, 3.63) is 35.9 Å². The van der Waals surface area contributed by atoms with Crippen LogP contribution < -0.4 is 0 Å². The van der Waals surface area contributed by atoms with E-state index in [2.05, 4.69) is 0 Å². The van der Waals surface area contributed by atoms with E-state index >= 15 is 0 Å². The monoisotopic (exact) mass is 300 g/mol. The molecule has 1 fully saturated rings. The van der Waals surface area contributed by atoms with Gasteiger partial charge in [-0.3, -0.25) is 0 Å². The van der Waals surface area contributed by atoms with Gasteiger partial charge in [0.25, 0.3) is 0 Å². The summed E-state index contributed by atoms with van der Waals surface area (Å²) in [5, 5.41) is 38.1. The zero-order chi connectivity index (χ0) is 14.5. The van der Waals surface area contributed by atoms with Gasteiger partial charge in [0.05, 0.1) is 13.2 Å². The molecule has 6 heteroatoms. The first-order chi connectivity index (χ1) is 9.63. The lowest BCUT2D eigenvalue weighted by Gasteiger charge is -2.39. The average molecular weight is 300 g/mol. The minimum absolute atomic E-state index is 0. The average Bonchev–Trinajstić information content (AvgIpc) is 2.48. The molecule has 0 saturated carbocycles. The van der Waals surface area contributed by atoms with Crippen LogP contribution in [0.1, 0.15) is 13.0 Å². The molecule has 1 aliphatic rings. The maximum atomic E-state index is 9.78. The predicted octanol–water partition coefficient (Wildman–Crippen LogP) is -0.318. The highest BCUT2D eigenvalue weighted by atomic mass is 16.7. The van der Waals surface area contributed by atoms with Crippen molar-refractivity contribution in [1.29, 1.82) is 0 Å². The topological polar surface area (TPSA) is 99.4 Å². The van der Waals surface area contributed by atoms with Gasteiger partial charge in [-0.05, 0) is 12.0 Å². The largest absolute Gasteiger partial charge is 0.394 e. The highest BCUT2D eigenvalue weighted by molar-refractivity contribution is 5.14. The van der Waals surface area contributed by atoms with Gasteiger partial charge in [0.1, 0.15) is 24.4 Å². The van der Waals surface area contributed by atoms with E-state index in [1.165, 1.54) is 0 Å². The lowest BCUT2D eigenvalue weighted by Crippen LogP contribution is -2.59. The molecule has 1 saturated heterocycles. The van der Waals surface area contributed by atoms with Crippen LogP contribution in [0.25, 0.3) is 0 Å².